The molecule has 0 saturated heterocycles. The first-order chi connectivity index (χ1) is 7.83. The summed E-state index contributed by atoms with van der Waals surface area (Å²) in [6.07, 6.45) is 7.33. The molecule has 0 radical (unpaired) electrons. The molecular formula is C10H6N4O2. The van der Waals surface area contributed by atoms with Crippen molar-refractivity contribution in [2.24, 2.45) is 0 Å². The Morgan fingerprint density at radius 3 is 2.50 bits per heavy atom. The zero-order valence-corrected chi connectivity index (χ0v) is 8.07. The summed E-state index contributed by atoms with van der Waals surface area (Å²) in [5, 5.41) is 0. The lowest BCUT2D eigenvalue weighted by molar-refractivity contribution is 0.101. The third kappa shape index (κ3) is 1.81. The fourth-order valence-electron chi connectivity index (χ4n) is 1.15. The quantitative estimate of drug-likeness (QED) is 0.540. The largest absolute Gasteiger partial charge is 0.296 e. The molecule has 0 unspecified atom stereocenters. The Bertz CT molecular complexity index is 527. The molecule has 2 heterocycles. The van der Waals surface area contributed by atoms with Gasteiger partial charge in [-0.05, 0) is 0 Å². The highest BCUT2D eigenvalue weighted by molar-refractivity contribution is 6.09. The predicted molar refractivity (Wildman–Crippen MR) is 52.9 cm³/mol. The van der Waals surface area contributed by atoms with Crippen molar-refractivity contribution in [2.75, 3.05) is 0 Å². The van der Waals surface area contributed by atoms with E-state index in [0.717, 1.165) is 0 Å². The van der Waals surface area contributed by atoms with Crippen LogP contribution in [0.3, 0.4) is 0 Å². The van der Waals surface area contributed by atoms with E-state index in [-0.39, 0.29) is 17.1 Å². The van der Waals surface area contributed by atoms with Crippen LogP contribution in [0.1, 0.15) is 26.7 Å². The van der Waals surface area contributed by atoms with Gasteiger partial charge in [-0.1, -0.05) is 0 Å². The van der Waals surface area contributed by atoms with Gasteiger partial charge in [0, 0.05) is 24.8 Å². The molecule has 0 fully saturated rings. The molecule has 0 N–H and O–H groups in total. The third-order valence-corrected chi connectivity index (χ3v) is 1.85. The van der Waals surface area contributed by atoms with Crippen molar-refractivity contribution in [3.63, 3.8) is 0 Å². The molecule has 0 aliphatic heterocycles. The van der Waals surface area contributed by atoms with Crippen LogP contribution in [-0.2, 0) is 0 Å². The maximum absolute atomic E-state index is 11.9. The van der Waals surface area contributed by atoms with E-state index in [9.17, 15) is 9.59 Å². The standard InChI is InChI=1S/C10H6N4O2/c15-6-8-9(14-4-3-13-8)10(16)7-5-11-1-2-12-7/h1-6H. The highest BCUT2D eigenvalue weighted by Gasteiger charge is 2.16. The molecular weight excluding hydrogens is 208 g/mol. The van der Waals surface area contributed by atoms with E-state index in [1.54, 1.807) is 0 Å². The normalized spacial score (nSPS) is 9.75. The van der Waals surface area contributed by atoms with Gasteiger partial charge in [0.2, 0.25) is 5.78 Å². The Kier molecular flexibility index (Phi) is 2.73. The van der Waals surface area contributed by atoms with Gasteiger partial charge in [-0.15, -0.1) is 0 Å². The van der Waals surface area contributed by atoms with Gasteiger partial charge in [0.1, 0.15) is 17.1 Å². The lowest BCUT2D eigenvalue weighted by Crippen LogP contribution is -2.11. The summed E-state index contributed by atoms with van der Waals surface area (Å²) in [6, 6.07) is 0. The molecule has 2 aromatic heterocycles. The van der Waals surface area contributed by atoms with Gasteiger partial charge in [0.05, 0.1) is 6.20 Å². The third-order valence-electron chi connectivity index (χ3n) is 1.85. The molecule has 0 amide bonds. The molecule has 0 aromatic carbocycles. The first kappa shape index (κ1) is 10.0. The van der Waals surface area contributed by atoms with Crippen molar-refractivity contribution in [3.8, 4) is 0 Å². The summed E-state index contributed by atoms with van der Waals surface area (Å²) in [7, 11) is 0. The van der Waals surface area contributed by atoms with Gasteiger partial charge in [-0.2, -0.15) is 0 Å². The number of aldehydes is 1. The van der Waals surface area contributed by atoms with Crippen LogP contribution < -0.4 is 0 Å². The van der Waals surface area contributed by atoms with Gasteiger partial charge in [-0.3, -0.25) is 14.6 Å². The lowest BCUT2D eigenvalue weighted by Gasteiger charge is -1.99. The summed E-state index contributed by atoms with van der Waals surface area (Å²) in [4.78, 5) is 37.7. The van der Waals surface area contributed by atoms with Crippen molar-refractivity contribution in [2.45, 2.75) is 0 Å². The van der Waals surface area contributed by atoms with Crippen LogP contribution in [0.15, 0.2) is 31.0 Å². The molecule has 0 aliphatic carbocycles. The number of hydrogen-bond donors (Lipinski definition) is 0. The second-order valence-corrected chi connectivity index (χ2v) is 2.83. The lowest BCUT2D eigenvalue weighted by atomic mass is 10.2. The van der Waals surface area contributed by atoms with Crippen molar-refractivity contribution < 1.29 is 9.59 Å². The number of hydrogen-bond acceptors (Lipinski definition) is 6. The summed E-state index contributed by atoms with van der Waals surface area (Å²) in [5.74, 6) is -0.469. The van der Waals surface area contributed by atoms with E-state index in [1.807, 2.05) is 0 Å². The van der Waals surface area contributed by atoms with E-state index < -0.39 is 5.78 Å². The van der Waals surface area contributed by atoms with Crippen LogP contribution in [0.4, 0.5) is 0 Å². The van der Waals surface area contributed by atoms with Gasteiger partial charge in [0.15, 0.2) is 6.29 Å². The minimum Gasteiger partial charge on any atom is -0.296 e. The Morgan fingerprint density at radius 2 is 1.81 bits per heavy atom. The molecule has 0 bridgehead atoms. The minimum atomic E-state index is -0.469. The fraction of sp³-hybridized carbons (Fsp3) is 0. The number of aromatic nitrogens is 4. The first-order valence-corrected chi connectivity index (χ1v) is 4.40. The monoisotopic (exact) mass is 214 g/mol. The summed E-state index contributed by atoms with van der Waals surface area (Å²) in [6.45, 7) is 0. The van der Waals surface area contributed by atoms with E-state index >= 15 is 0 Å². The van der Waals surface area contributed by atoms with Crippen LogP contribution in [0, 0.1) is 0 Å². The molecule has 0 spiro atoms. The molecule has 78 valence electrons. The Morgan fingerprint density at radius 1 is 1.06 bits per heavy atom. The highest BCUT2D eigenvalue weighted by atomic mass is 16.1. The smallest absolute Gasteiger partial charge is 0.233 e. The molecule has 2 rings (SSSR count). The van der Waals surface area contributed by atoms with Crippen LogP contribution in [-0.4, -0.2) is 32.0 Å². The molecule has 16 heavy (non-hydrogen) atoms. The van der Waals surface area contributed by atoms with Gasteiger partial charge < -0.3 is 0 Å². The fourth-order valence-corrected chi connectivity index (χ4v) is 1.15. The average Bonchev–Trinajstić information content (AvgIpc) is 2.39. The summed E-state index contributed by atoms with van der Waals surface area (Å²) < 4.78 is 0. The number of carbonyl (C=O) groups excluding carboxylic acids is 2. The Balaban J connectivity index is 2.46. The Hall–Kier alpha value is -2.50. The van der Waals surface area contributed by atoms with E-state index in [4.69, 9.17) is 0 Å². The van der Waals surface area contributed by atoms with E-state index in [1.165, 1.54) is 31.0 Å². The van der Waals surface area contributed by atoms with Gasteiger partial charge in [-0.25, -0.2) is 15.0 Å². The first-order valence-electron chi connectivity index (χ1n) is 4.40. The molecule has 0 saturated carbocycles. The molecule has 6 heteroatoms. The van der Waals surface area contributed by atoms with Crippen LogP contribution in [0.5, 0.6) is 0 Å². The van der Waals surface area contributed by atoms with Crippen molar-refractivity contribution in [1.29, 1.82) is 0 Å². The van der Waals surface area contributed by atoms with Gasteiger partial charge >= 0.3 is 0 Å². The Labute approximate surface area is 90.4 Å². The zero-order chi connectivity index (χ0) is 11.4. The molecule has 2 aromatic rings. The van der Waals surface area contributed by atoms with Crippen LogP contribution in [0.2, 0.25) is 0 Å². The number of rotatable bonds is 3. The second-order valence-electron chi connectivity index (χ2n) is 2.83. The molecule has 6 nitrogen and oxygen atoms in total. The van der Waals surface area contributed by atoms with Crippen LogP contribution in [0.25, 0.3) is 0 Å². The minimum absolute atomic E-state index is 0.00171. The van der Waals surface area contributed by atoms with Crippen molar-refractivity contribution >= 4 is 12.1 Å². The molecule has 0 aliphatic rings. The van der Waals surface area contributed by atoms with Gasteiger partial charge in [0.25, 0.3) is 0 Å². The van der Waals surface area contributed by atoms with E-state index in [2.05, 4.69) is 19.9 Å². The average molecular weight is 214 g/mol. The van der Waals surface area contributed by atoms with E-state index in [0.29, 0.717) is 6.29 Å². The summed E-state index contributed by atoms with van der Waals surface area (Å²) >= 11 is 0. The number of ketones is 1. The highest BCUT2D eigenvalue weighted by Crippen LogP contribution is 2.05. The maximum atomic E-state index is 11.9. The zero-order valence-electron chi connectivity index (χ0n) is 8.07. The predicted octanol–water partition coefficient (Wildman–Crippen LogP) is 0.310. The maximum Gasteiger partial charge on any atom is 0.233 e. The van der Waals surface area contributed by atoms with Crippen molar-refractivity contribution in [1.82, 2.24) is 19.9 Å². The van der Waals surface area contributed by atoms with Crippen LogP contribution >= 0.6 is 0 Å². The summed E-state index contributed by atoms with van der Waals surface area (Å²) in [5.41, 5.74) is 0.113. The molecule has 0 atom stereocenters. The SMILES string of the molecule is O=Cc1nccnc1C(=O)c1cnccn1. The van der Waals surface area contributed by atoms with Crippen molar-refractivity contribution in [3.05, 3.63) is 48.1 Å². The number of carbonyl (C=O) groups is 2. The number of nitrogens with zero attached hydrogens (tertiary/aromatic N) is 4. The second kappa shape index (κ2) is 4.35. The topological polar surface area (TPSA) is 85.7 Å².